The van der Waals surface area contributed by atoms with Gasteiger partial charge in [0.25, 0.3) is 17.3 Å². The smallest absolute Gasteiger partial charge is 0.254 e. The zero-order valence-electron chi connectivity index (χ0n) is 22.2. The van der Waals surface area contributed by atoms with Gasteiger partial charge in [-0.1, -0.05) is 11.6 Å². The molecule has 38 heavy (non-hydrogen) atoms. The van der Waals surface area contributed by atoms with Gasteiger partial charge < -0.3 is 19.8 Å². The van der Waals surface area contributed by atoms with Crippen molar-refractivity contribution in [2.24, 2.45) is 11.8 Å². The van der Waals surface area contributed by atoms with Crippen LogP contribution in [0, 0.1) is 37.0 Å². The highest BCUT2D eigenvalue weighted by molar-refractivity contribution is 7.98. The van der Waals surface area contributed by atoms with E-state index in [2.05, 4.69) is 21.3 Å². The maximum atomic E-state index is 13.2. The Kier molecular flexibility index (Phi) is 7.42. The molecule has 1 saturated carbocycles. The van der Waals surface area contributed by atoms with Gasteiger partial charge in [0.15, 0.2) is 11.5 Å². The summed E-state index contributed by atoms with van der Waals surface area (Å²) in [4.78, 5) is 31.7. The molecule has 10 heteroatoms. The largest absolute Gasteiger partial charge is 0.448 e. The summed E-state index contributed by atoms with van der Waals surface area (Å²) in [6.07, 6.45) is 5.89. The minimum absolute atomic E-state index is 0.100. The maximum Gasteiger partial charge on any atom is 0.254 e. The number of aryl methyl sites for hydroxylation is 1. The number of amides is 1. The summed E-state index contributed by atoms with van der Waals surface area (Å²) in [6.45, 7) is 7.46. The van der Waals surface area contributed by atoms with Crippen molar-refractivity contribution in [1.82, 2.24) is 15.2 Å². The number of aromatic amines is 1. The van der Waals surface area contributed by atoms with Gasteiger partial charge in [-0.05, 0) is 57.9 Å². The number of hydrogen-bond acceptors (Lipinski definition) is 7. The second-order valence-corrected chi connectivity index (χ2v) is 12.0. The van der Waals surface area contributed by atoms with Gasteiger partial charge in [-0.2, -0.15) is 5.26 Å². The number of ether oxygens (including phenoxy) is 2. The van der Waals surface area contributed by atoms with Crippen LogP contribution < -0.4 is 20.3 Å². The molecular weight excluding hydrogens is 524 g/mol. The standard InChI is InChI=1S/C28H33ClN4O4S/c1-15-9-23(38-4)21(27(35)32-15)12-31-26(34)20-10-22(29)25-24(16(20)2)36-28(3,37-25)18-5-7-19(8-6-18)33-13-17(11-30)14-33/h9-10,17-19H,5-8,12-14H2,1-4H3,(H,31,34)(H,32,35)/t18-,19-,28?. The molecule has 0 bridgehead atoms. The van der Waals surface area contributed by atoms with Crippen molar-refractivity contribution >= 4 is 29.3 Å². The third kappa shape index (κ3) is 4.90. The number of benzene rings is 1. The summed E-state index contributed by atoms with van der Waals surface area (Å²) in [5.41, 5.74) is 2.14. The van der Waals surface area contributed by atoms with Crippen LogP contribution in [0.5, 0.6) is 11.5 Å². The highest BCUT2D eigenvalue weighted by atomic mass is 35.5. The molecule has 8 nitrogen and oxygen atoms in total. The average Bonchev–Trinajstić information content (AvgIpc) is 3.24. The molecule has 2 fully saturated rings. The number of nitrogens with one attached hydrogen (secondary N) is 2. The van der Waals surface area contributed by atoms with E-state index < -0.39 is 5.79 Å². The molecule has 1 aromatic heterocycles. The lowest BCUT2D eigenvalue weighted by Gasteiger charge is -2.45. The Hall–Kier alpha value is -2.67. The van der Waals surface area contributed by atoms with E-state index in [0.717, 1.165) is 49.4 Å². The lowest BCUT2D eigenvalue weighted by molar-refractivity contribution is -0.126. The SMILES string of the molecule is CSc1cc(C)[nH]c(=O)c1CNC(=O)c1cc(Cl)c2c(c1C)OC(C)([C@H]1CC[C@H](N3CC(C#N)C3)CC1)O2. The minimum atomic E-state index is -0.858. The van der Waals surface area contributed by atoms with Crippen molar-refractivity contribution in [3.05, 3.63) is 49.9 Å². The maximum absolute atomic E-state index is 13.2. The predicted molar refractivity (Wildman–Crippen MR) is 147 cm³/mol. The van der Waals surface area contributed by atoms with E-state index in [1.807, 2.05) is 33.1 Å². The van der Waals surface area contributed by atoms with E-state index in [4.69, 9.17) is 26.3 Å². The number of likely N-dealkylation sites (tertiary alicyclic amines) is 1. The Morgan fingerprint density at radius 1 is 1.24 bits per heavy atom. The number of rotatable bonds is 6. The van der Waals surface area contributed by atoms with Crippen LogP contribution in [0.4, 0.5) is 0 Å². The number of halogens is 1. The van der Waals surface area contributed by atoms with E-state index in [9.17, 15) is 9.59 Å². The van der Waals surface area contributed by atoms with Crippen molar-refractivity contribution < 1.29 is 14.3 Å². The molecule has 2 aromatic rings. The number of nitrogens with zero attached hydrogens (tertiary/aromatic N) is 2. The molecule has 1 aliphatic carbocycles. The van der Waals surface area contributed by atoms with Crippen LogP contribution in [-0.2, 0) is 6.54 Å². The van der Waals surface area contributed by atoms with Crippen LogP contribution in [0.1, 0.15) is 59.8 Å². The normalized spacial score (nSPS) is 25.1. The van der Waals surface area contributed by atoms with E-state index in [1.165, 1.54) is 11.8 Å². The van der Waals surface area contributed by atoms with Gasteiger partial charge in [-0.3, -0.25) is 14.5 Å². The first kappa shape index (κ1) is 26.9. The van der Waals surface area contributed by atoms with Crippen molar-refractivity contribution in [2.75, 3.05) is 19.3 Å². The van der Waals surface area contributed by atoms with Crippen molar-refractivity contribution in [3.8, 4) is 17.6 Å². The average molecular weight is 557 g/mol. The van der Waals surface area contributed by atoms with Crippen LogP contribution in [0.2, 0.25) is 5.02 Å². The van der Waals surface area contributed by atoms with Gasteiger partial charge in [0, 0.05) is 65.8 Å². The van der Waals surface area contributed by atoms with Crippen LogP contribution in [0.25, 0.3) is 0 Å². The highest BCUT2D eigenvalue weighted by Gasteiger charge is 2.48. The molecule has 0 spiro atoms. The fourth-order valence-electron chi connectivity index (χ4n) is 5.91. The Balaban J connectivity index is 1.27. The molecule has 3 aliphatic rings. The fourth-order valence-corrected chi connectivity index (χ4v) is 6.85. The molecule has 2 N–H and O–H groups in total. The summed E-state index contributed by atoms with van der Waals surface area (Å²) in [5, 5.41) is 12.3. The summed E-state index contributed by atoms with van der Waals surface area (Å²) in [5.74, 6) is 0.147. The molecule has 3 heterocycles. The van der Waals surface area contributed by atoms with Crippen molar-refractivity contribution in [1.29, 1.82) is 5.26 Å². The van der Waals surface area contributed by atoms with Gasteiger partial charge in [-0.15, -0.1) is 11.8 Å². The second kappa shape index (κ2) is 10.5. The lowest BCUT2D eigenvalue weighted by atomic mass is 9.79. The van der Waals surface area contributed by atoms with Gasteiger partial charge in [0.2, 0.25) is 0 Å². The molecule has 1 saturated heterocycles. The first-order valence-corrected chi connectivity index (χ1v) is 14.6. The van der Waals surface area contributed by atoms with E-state index >= 15 is 0 Å². The van der Waals surface area contributed by atoms with Crippen LogP contribution >= 0.6 is 23.4 Å². The summed E-state index contributed by atoms with van der Waals surface area (Å²) in [6, 6.07) is 6.37. The predicted octanol–water partition coefficient (Wildman–Crippen LogP) is 4.80. The summed E-state index contributed by atoms with van der Waals surface area (Å²) >= 11 is 8.08. The minimum Gasteiger partial charge on any atom is -0.448 e. The lowest BCUT2D eigenvalue weighted by Crippen LogP contribution is -2.54. The Morgan fingerprint density at radius 3 is 2.58 bits per heavy atom. The molecule has 0 radical (unpaired) electrons. The number of H-pyrrole nitrogens is 1. The second-order valence-electron chi connectivity index (χ2n) is 10.7. The summed E-state index contributed by atoms with van der Waals surface area (Å²) in [7, 11) is 0. The third-order valence-corrected chi connectivity index (χ3v) is 9.30. The molecule has 5 rings (SSSR count). The molecule has 2 aliphatic heterocycles. The number of pyridine rings is 1. The number of thioether (sulfide) groups is 1. The number of nitriles is 1. The quantitative estimate of drug-likeness (QED) is 0.492. The monoisotopic (exact) mass is 556 g/mol. The Bertz CT molecular complexity index is 1360. The molecule has 1 amide bonds. The first-order chi connectivity index (χ1) is 18.1. The first-order valence-electron chi connectivity index (χ1n) is 13.0. The number of carbonyl (C=O) groups excluding carboxylic acids is 1. The van der Waals surface area contributed by atoms with E-state index in [0.29, 0.717) is 39.3 Å². The molecule has 1 aromatic carbocycles. The Labute approximate surface area is 232 Å². The highest BCUT2D eigenvalue weighted by Crippen LogP contribution is 2.52. The number of hydrogen-bond donors (Lipinski definition) is 2. The molecular formula is C28H33ClN4O4S. The van der Waals surface area contributed by atoms with Gasteiger partial charge in [0.05, 0.1) is 17.0 Å². The third-order valence-electron chi connectivity index (χ3n) is 8.22. The van der Waals surface area contributed by atoms with Crippen molar-refractivity contribution in [2.45, 2.75) is 69.7 Å². The fraction of sp³-hybridized carbons (Fsp3) is 0.536. The number of fused-ring (bicyclic) bond motifs is 1. The van der Waals surface area contributed by atoms with E-state index in [1.54, 1.807) is 6.07 Å². The summed E-state index contributed by atoms with van der Waals surface area (Å²) < 4.78 is 12.8. The molecule has 1 unspecified atom stereocenters. The number of aromatic nitrogens is 1. The van der Waals surface area contributed by atoms with E-state index in [-0.39, 0.29) is 29.8 Å². The van der Waals surface area contributed by atoms with Gasteiger partial charge in [-0.25, -0.2) is 0 Å². The topological polar surface area (TPSA) is 107 Å². The van der Waals surface area contributed by atoms with Gasteiger partial charge >= 0.3 is 0 Å². The van der Waals surface area contributed by atoms with Crippen molar-refractivity contribution in [3.63, 3.8) is 0 Å². The van der Waals surface area contributed by atoms with Crippen LogP contribution in [0.3, 0.4) is 0 Å². The zero-order valence-corrected chi connectivity index (χ0v) is 23.7. The van der Waals surface area contributed by atoms with Gasteiger partial charge in [0.1, 0.15) is 0 Å². The zero-order chi connectivity index (χ0) is 27.2. The Morgan fingerprint density at radius 2 is 1.92 bits per heavy atom. The van der Waals surface area contributed by atoms with Crippen LogP contribution in [-0.4, -0.2) is 47.0 Å². The molecule has 202 valence electrons. The van der Waals surface area contributed by atoms with Crippen LogP contribution in [0.15, 0.2) is 21.8 Å². The number of carbonyl (C=O) groups is 1. The molecule has 1 atom stereocenters.